The third-order valence-corrected chi connectivity index (χ3v) is 5.61. The van der Waals surface area contributed by atoms with Crippen LogP contribution in [-0.4, -0.2) is 41.5 Å². The van der Waals surface area contributed by atoms with E-state index in [1.165, 1.54) is 0 Å². The molecule has 132 valence electrons. The van der Waals surface area contributed by atoms with Gasteiger partial charge in [0, 0.05) is 18.8 Å². The predicted molar refractivity (Wildman–Crippen MR) is 95.6 cm³/mol. The largest absolute Gasteiger partial charge is 0.481 e. The third kappa shape index (κ3) is 3.28. The Hall–Kier alpha value is -1.59. The molecular weight excluding hydrogens is 328 g/mol. The topological polar surface area (TPSA) is 69.6 Å². The van der Waals surface area contributed by atoms with Gasteiger partial charge in [0.15, 0.2) is 0 Å². The first-order chi connectivity index (χ1) is 10.9. The highest BCUT2D eigenvalue weighted by Gasteiger charge is 2.54. The summed E-state index contributed by atoms with van der Waals surface area (Å²) in [6.45, 7) is 5.48. The Kier molecular flexibility index (Phi) is 5.56. The van der Waals surface area contributed by atoms with Crippen molar-refractivity contribution in [3.05, 3.63) is 29.3 Å². The molecule has 1 amide bonds. The third-order valence-electron chi connectivity index (χ3n) is 5.61. The summed E-state index contributed by atoms with van der Waals surface area (Å²) in [5.74, 6) is -0.579. The summed E-state index contributed by atoms with van der Waals surface area (Å²) in [6, 6.07) is 5.85. The van der Waals surface area contributed by atoms with Gasteiger partial charge in [-0.1, -0.05) is 18.6 Å². The number of aryl methyl sites for hydroxylation is 1. The second-order valence-corrected chi connectivity index (χ2v) is 7.02. The Morgan fingerprint density at radius 3 is 2.79 bits per heavy atom. The second-order valence-electron chi connectivity index (χ2n) is 7.02. The smallest absolute Gasteiger partial charge is 0.311 e. The molecule has 1 aromatic rings. The van der Waals surface area contributed by atoms with E-state index >= 15 is 0 Å². The van der Waals surface area contributed by atoms with Crippen molar-refractivity contribution in [2.75, 3.05) is 25.0 Å². The number of nitrogens with one attached hydrogen (secondary N) is 1. The van der Waals surface area contributed by atoms with Gasteiger partial charge in [-0.25, -0.2) is 0 Å². The quantitative estimate of drug-likeness (QED) is 0.874. The van der Waals surface area contributed by atoms with E-state index in [1.807, 2.05) is 36.9 Å². The van der Waals surface area contributed by atoms with E-state index in [-0.39, 0.29) is 30.8 Å². The van der Waals surface area contributed by atoms with Crippen LogP contribution in [0.25, 0.3) is 0 Å². The molecule has 0 bridgehead atoms. The minimum absolute atomic E-state index is 0. The van der Waals surface area contributed by atoms with Gasteiger partial charge in [0.05, 0.1) is 12.0 Å². The molecule has 2 fully saturated rings. The predicted octanol–water partition coefficient (Wildman–Crippen LogP) is 2.85. The maximum absolute atomic E-state index is 12.3. The number of anilines is 1. The van der Waals surface area contributed by atoms with E-state index in [0.717, 1.165) is 36.1 Å². The second kappa shape index (κ2) is 7.11. The summed E-state index contributed by atoms with van der Waals surface area (Å²) in [5, 5.41) is 12.6. The van der Waals surface area contributed by atoms with E-state index < -0.39 is 11.4 Å². The van der Waals surface area contributed by atoms with Gasteiger partial charge in [-0.2, -0.15) is 0 Å². The van der Waals surface area contributed by atoms with Crippen LogP contribution in [0.1, 0.15) is 30.4 Å². The number of carboxylic acids is 1. The summed E-state index contributed by atoms with van der Waals surface area (Å²) in [6.07, 6.45) is 2.68. The van der Waals surface area contributed by atoms with Crippen LogP contribution >= 0.6 is 12.4 Å². The van der Waals surface area contributed by atoms with E-state index in [0.29, 0.717) is 13.1 Å². The van der Waals surface area contributed by atoms with Crippen molar-refractivity contribution in [3.8, 4) is 0 Å². The molecular formula is C18H25ClN2O3. The van der Waals surface area contributed by atoms with Gasteiger partial charge in [0.25, 0.3) is 0 Å². The van der Waals surface area contributed by atoms with Crippen LogP contribution in [0.3, 0.4) is 0 Å². The molecule has 2 atom stereocenters. The Bertz CT molecular complexity index is 649. The number of halogens is 1. The molecule has 1 heterocycles. The molecule has 1 saturated heterocycles. The number of nitrogens with zero attached hydrogens (tertiary/aromatic N) is 1. The number of likely N-dealkylation sites (tertiary alicyclic amines) is 1. The maximum atomic E-state index is 12.3. The van der Waals surface area contributed by atoms with Crippen LogP contribution in [0.15, 0.2) is 18.2 Å². The normalized spacial score (nSPS) is 25.8. The first kappa shape index (κ1) is 18.7. The summed E-state index contributed by atoms with van der Waals surface area (Å²) in [5.41, 5.74) is 2.42. The number of benzene rings is 1. The van der Waals surface area contributed by atoms with Crippen LogP contribution in [0.5, 0.6) is 0 Å². The van der Waals surface area contributed by atoms with E-state index in [9.17, 15) is 14.7 Å². The molecule has 0 radical (unpaired) electrons. The van der Waals surface area contributed by atoms with E-state index in [2.05, 4.69) is 5.32 Å². The van der Waals surface area contributed by atoms with Crippen LogP contribution in [0.2, 0.25) is 0 Å². The first-order valence-electron chi connectivity index (χ1n) is 8.24. The zero-order valence-corrected chi connectivity index (χ0v) is 15.0. The molecule has 0 unspecified atom stereocenters. The highest BCUT2D eigenvalue weighted by Crippen LogP contribution is 2.48. The van der Waals surface area contributed by atoms with Crippen molar-refractivity contribution in [2.45, 2.75) is 33.1 Å². The number of fused-ring (bicyclic) bond motifs is 1. The number of carboxylic acid groups (broad SMARTS) is 1. The number of rotatable bonds is 4. The van der Waals surface area contributed by atoms with Gasteiger partial charge in [0.2, 0.25) is 5.91 Å². The summed E-state index contributed by atoms with van der Waals surface area (Å²) < 4.78 is 0. The van der Waals surface area contributed by atoms with Gasteiger partial charge >= 0.3 is 5.97 Å². The zero-order valence-electron chi connectivity index (χ0n) is 14.2. The Morgan fingerprint density at radius 2 is 2.12 bits per heavy atom. The summed E-state index contributed by atoms with van der Waals surface area (Å²) in [7, 11) is 0. The average Bonchev–Trinajstić information content (AvgIpc) is 3.01. The highest BCUT2D eigenvalue weighted by molar-refractivity contribution is 5.93. The maximum Gasteiger partial charge on any atom is 0.311 e. The number of carbonyl (C=O) groups excluding carboxylic acids is 1. The molecule has 1 aliphatic carbocycles. The van der Waals surface area contributed by atoms with Crippen molar-refractivity contribution >= 4 is 30.0 Å². The average molecular weight is 353 g/mol. The monoisotopic (exact) mass is 352 g/mol. The van der Waals surface area contributed by atoms with Crippen molar-refractivity contribution in [2.24, 2.45) is 11.3 Å². The number of amides is 1. The standard InChI is InChI=1S/C18H24N2O3.ClH/c1-12-5-3-7-15(13(12)2)19-16(21)10-20-9-14-6-4-8-18(14,11-20)17(22)23;/h3,5,7,14H,4,6,8-11H2,1-2H3,(H,19,21)(H,22,23);1H/t14-,18+;/m0./s1. The van der Waals surface area contributed by atoms with Crippen LogP contribution in [0.4, 0.5) is 5.69 Å². The fourth-order valence-electron chi connectivity index (χ4n) is 4.14. The van der Waals surface area contributed by atoms with Crippen molar-refractivity contribution in [3.63, 3.8) is 0 Å². The van der Waals surface area contributed by atoms with Gasteiger partial charge in [-0.05, 0) is 49.8 Å². The Balaban J connectivity index is 0.00000208. The van der Waals surface area contributed by atoms with Gasteiger partial charge in [0.1, 0.15) is 0 Å². The molecule has 0 aromatic heterocycles. The minimum Gasteiger partial charge on any atom is -0.481 e. The lowest BCUT2D eigenvalue weighted by atomic mass is 9.81. The highest BCUT2D eigenvalue weighted by atomic mass is 35.5. The molecule has 6 heteroatoms. The van der Waals surface area contributed by atoms with Crippen molar-refractivity contribution < 1.29 is 14.7 Å². The lowest BCUT2D eigenvalue weighted by Gasteiger charge is -2.23. The van der Waals surface area contributed by atoms with Crippen molar-refractivity contribution in [1.82, 2.24) is 4.90 Å². The lowest BCUT2D eigenvalue weighted by Crippen LogP contribution is -2.37. The SMILES string of the molecule is Cc1cccc(NC(=O)CN2C[C@@H]3CCC[C@@]3(C(=O)O)C2)c1C.Cl. The molecule has 1 aliphatic heterocycles. The van der Waals surface area contributed by atoms with Crippen LogP contribution in [0, 0.1) is 25.2 Å². The fraction of sp³-hybridized carbons (Fsp3) is 0.556. The zero-order chi connectivity index (χ0) is 16.6. The van der Waals surface area contributed by atoms with Crippen LogP contribution < -0.4 is 5.32 Å². The number of hydrogen-bond donors (Lipinski definition) is 2. The summed E-state index contributed by atoms with van der Waals surface area (Å²) >= 11 is 0. The molecule has 5 nitrogen and oxygen atoms in total. The summed E-state index contributed by atoms with van der Waals surface area (Å²) in [4.78, 5) is 26.0. The molecule has 2 N–H and O–H groups in total. The van der Waals surface area contributed by atoms with Crippen molar-refractivity contribution in [1.29, 1.82) is 0 Å². The molecule has 0 spiro atoms. The lowest BCUT2D eigenvalue weighted by molar-refractivity contribution is -0.149. The number of hydrogen-bond acceptors (Lipinski definition) is 3. The Labute approximate surface area is 148 Å². The van der Waals surface area contributed by atoms with E-state index in [4.69, 9.17) is 0 Å². The molecule has 1 saturated carbocycles. The molecule has 3 rings (SSSR count). The fourth-order valence-corrected chi connectivity index (χ4v) is 4.14. The molecule has 2 aliphatic rings. The minimum atomic E-state index is -0.697. The van der Waals surface area contributed by atoms with E-state index in [1.54, 1.807) is 0 Å². The van der Waals surface area contributed by atoms with Crippen LogP contribution in [-0.2, 0) is 9.59 Å². The van der Waals surface area contributed by atoms with Gasteiger partial charge in [-0.15, -0.1) is 12.4 Å². The first-order valence-corrected chi connectivity index (χ1v) is 8.24. The molecule has 24 heavy (non-hydrogen) atoms. The molecule has 1 aromatic carbocycles. The number of carbonyl (C=O) groups is 2. The van der Waals surface area contributed by atoms with Gasteiger partial charge < -0.3 is 10.4 Å². The number of aliphatic carboxylic acids is 1. The van der Waals surface area contributed by atoms with Gasteiger partial charge in [-0.3, -0.25) is 14.5 Å². The Morgan fingerprint density at radius 1 is 1.38 bits per heavy atom.